The Labute approximate surface area is 347 Å². The van der Waals surface area contributed by atoms with Crippen LogP contribution in [0.2, 0.25) is 0 Å². The molecule has 1 aromatic heterocycles. The Hall–Kier alpha value is -4.08. The number of rotatable bonds is 13. The fraction of sp³-hybridized carbons (Fsp3) is 0.592. The zero-order chi connectivity index (χ0) is 40.2. The van der Waals surface area contributed by atoms with Crippen LogP contribution in [0.1, 0.15) is 129 Å². The Morgan fingerprint density at radius 3 is 1.60 bits per heavy atom. The third kappa shape index (κ3) is 8.49. The average molecular weight is 786 g/mol. The summed E-state index contributed by atoms with van der Waals surface area (Å²) in [4.78, 5) is 50.4. The number of aliphatic imine (C=N–C) groups is 1. The van der Waals surface area contributed by atoms with E-state index in [4.69, 9.17) is 9.98 Å². The van der Waals surface area contributed by atoms with Gasteiger partial charge >= 0.3 is 0 Å². The normalized spacial score (nSPS) is 26.4. The van der Waals surface area contributed by atoms with Crippen LogP contribution in [0, 0.1) is 11.8 Å². The van der Waals surface area contributed by atoms with Crippen LogP contribution in [0.4, 0.5) is 0 Å². The van der Waals surface area contributed by atoms with E-state index < -0.39 is 0 Å². The van der Waals surface area contributed by atoms with Crippen molar-refractivity contribution in [1.29, 1.82) is 0 Å². The standard InChI is InChI=1S/C49H67N7O2/c1-5-53(6-2)41-25-21-38(22-26-41)48(57)55-29-9-11-45(55)43-31-40(32-50-43)36-15-13-34(14-16-36)35-17-19-37(20-18-35)44-33-51-47(52-44)46-12-10-30-56(46)49(58)39-23-27-42(28-24-39)54(7-3)8-4/h13-20,32-33,38-39,41-42,45-46H,5-12,21-31H2,1-4H3,(H,51,52)/t38?,39?,41?,42?,45-,46-/m0/s1. The van der Waals surface area contributed by atoms with Crippen molar-refractivity contribution < 1.29 is 9.59 Å². The van der Waals surface area contributed by atoms with Crippen molar-refractivity contribution in [2.24, 2.45) is 16.8 Å². The lowest BCUT2D eigenvalue weighted by Gasteiger charge is -2.37. The quantitative estimate of drug-likeness (QED) is 0.187. The minimum Gasteiger partial charge on any atom is -0.340 e. The second kappa shape index (κ2) is 18.5. The molecule has 2 atom stereocenters. The Morgan fingerprint density at radius 2 is 1.09 bits per heavy atom. The molecule has 5 aliphatic rings. The van der Waals surface area contributed by atoms with Crippen molar-refractivity contribution >= 4 is 23.1 Å². The Balaban J connectivity index is 0.840. The van der Waals surface area contributed by atoms with Crippen molar-refractivity contribution in [3.05, 3.63) is 72.3 Å². The molecule has 0 radical (unpaired) electrons. The lowest BCUT2D eigenvalue weighted by Crippen LogP contribution is -2.46. The molecule has 0 unspecified atom stereocenters. The second-order valence-corrected chi connectivity index (χ2v) is 17.6. The van der Waals surface area contributed by atoms with Crippen LogP contribution in [0.25, 0.3) is 28.0 Å². The number of carbonyl (C=O) groups is 2. The number of imidazole rings is 1. The van der Waals surface area contributed by atoms with Crippen molar-refractivity contribution in [3.63, 3.8) is 0 Å². The van der Waals surface area contributed by atoms with Crippen molar-refractivity contribution in [2.75, 3.05) is 39.3 Å². The van der Waals surface area contributed by atoms with Gasteiger partial charge in [0.25, 0.3) is 0 Å². The summed E-state index contributed by atoms with van der Waals surface area (Å²) in [6.07, 6.45) is 17.4. The van der Waals surface area contributed by atoms with Gasteiger partial charge in [0.05, 0.1) is 24.0 Å². The number of aromatic nitrogens is 2. The largest absolute Gasteiger partial charge is 0.340 e. The van der Waals surface area contributed by atoms with E-state index in [0.29, 0.717) is 23.9 Å². The SMILES string of the molecule is CCN(CC)C1CCC(C(=O)N2CCC[C@H]2C2=NC=C(c3ccc(-c4ccc(-c5cnc([C@@H]6CCCN6C(=O)C6CCC(N(CC)CC)CC6)[nH]5)cc4)cc3)C2)CC1. The zero-order valence-corrected chi connectivity index (χ0v) is 35.7. The molecule has 0 bridgehead atoms. The molecule has 4 heterocycles. The summed E-state index contributed by atoms with van der Waals surface area (Å²) in [5.41, 5.74) is 8.01. The summed E-state index contributed by atoms with van der Waals surface area (Å²) in [6.45, 7) is 15.0. The number of H-pyrrole nitrogens is 1. The van der Waals surface area contributed by atoms with Gasteiger partial charge in [-0.05, 0) is 131 Å². The fourth-order valence-electron chi connectivity index (χ4n) is 11.2. The van der Waals surface area contributed by atoms with Crippen molar-refractivity contribution in [1.82, 2.24) is 29.6 Å². The fourth-order valence-corrected chi connectivity index (χ4v) is 11.2. The van der Waals surface area contributed by atoms with Crippen LogP contribution < -0.4 is 0 Å². The summed E-state index contributed by atoms with van der Waals surface area (Å²) in [5, 5.41) is 0. The number of aromatic amines is 1. The number of benzene rings is 2. The predicted molar refractivity (Wildman–Crippen MR) is 235 cm³/mol. The van der Waals surface area contributed by atoms with E-state index >= 15 is 0 Å². The molecular formula is C49H67N7O2. The maximum absolute atomic E-state index is 13.8. The van der Waals surface area contributed by atoms with Gasteiger partial charge in [-0.1, -0.05) is 76.2 Å². The van der Waals surface area contributed by atoms with Gasteiger partial charge < -0.3 is 24.6 Å². The van der Waals surface area contributed by atoms with E-state index in [1.165, 1.54) is 22.3 Å². The topological polar surface area (TPSA) is 88.1 Å². The summed E-state index contributed by atoms with van der Waals surface area (Å²) in [6, 6.07) is 19.0. The van der Waals surface area contributed by atoms with E-state index in [1.54, 1.807) is 0 Å². The number of nitrogens with zero attached hydrogens (tertiary/aromatic N) is 6. The number of hydrogen-bond donors (Lipinski definition) is 1. The number of carbonyl (C=O) groups excluding carboxylic acids is 2. The number of amides is 2. The molecule has 3 aromatic rings. The molecule has 0 spiro atoms. The molecule has 9 nitrogen and oxygen atoms in total. The van der Waals surface area contributed by atoms with E-state index in [1.807, 2.05) is 12.4 Å². The molecule has 3 aliphatic heterocycles. The van der Waals surface area contributed by atoms with Gasteiger partial charge in [-0.3, -0.25) is 14.6 Å². The van der Waals surface area contributed by atoms with E-state index in [-0.39, 0.29) is 23.9 Å². The van der Waals surface area contributed by atoms with Gasteiger partial charge in [0.2, 0.25) is 11.8 Å². The first-order valence-electron chi connectivity index (χ1n) is 23.0. The molecule has 2 aromatic carbocycles. The van der Waals surface area contributed by atoms with Crippen molar-refractivity contribution in [3.8, 4) is 22.4 Å². The van der Waals surface area contributed by atoms with Crippen molar-refractivity contribution in [2.45, 2.75) is 135 Å². The summed E-state index contributed by atoms with van der Waals surface area (Å²) >= 11 is 0. The number of hydrogen-bond acceptors (Lipinski definition) is 6. The molecule has 9 heteroatoms. The second-order valence-electron chi connectivity index (χ2n) is 17.6. The molecule has 310 valence electrons. The highest BCUT2D eigenvalue weighted by molar-refractivity contribution is 6.03. The first-order valence-corrected chi connectivity index (χ1v) is 23.0. The first kappa shape index (κ1) is 40.7. The monoisotopic (exact) mass is 786 g/mol. The summed E-state index contributed by atoms with van der Waals surface area (Å²) in [5.74, 6) is 1.91. The third-order valence-electron chi connectivity index (χ3n) is 14.7. The molecule has 4 fully saturated rings. The van der Waals surface area contributed by atoms with Gasteiger partial charge in [0.15, 0.2) is 0 Å². The van der Waals surface area contributed by atoms with Gasteiger partial charge in [-0.2, -0.15) is 0 Å². The maximum atomic E-state index is 13.8. The van der Waals surface area contributed by atoms with Crippen LogP contribution in [0.5, 0.6) is 0 Å². The number of nitrogens with one attached hydrogen (secondary N) is 1. The van der Waals surface area contributed by atoms with Crippen LogP contribution in [-0.4, -0.2) is 104 Å². The van der Waals surface area contributed by atoms with Gasteiger partial charge in [0.1, 0.15) is 5.82 Å². The predicted octanol–water partition coefficient (Wildman–Crippen LogP) is 9.39. The highest BCUT2D eigenvalue weighted by Crippen LogP contribution is 2.38. The molecule has 2 saturated carbocycles. The Bertz CT molecular complexity index is 1910. The van der Waals surface area contributed by atoms with Crippen LogP contribution in [0.15, 0.2) is 65.9 Å². The smallest absolute Gasteiger partial charge is 0.226 e. The highest BCUT2D eigenvalue weighted by Gasteiger charge is 2.39. The summed E-state index contributed by atoms with van der Waals surface area (Å²) < 4.78 is 0. The lowest BCUT2D eigenvalue weighted by molar-refractivity contribution is -0.138. The van der Waals surface area contributed by atoms with E-state index in [2.05, 4.69) is 101 Å². The molecule has 2 amide bonds. The maximum Gasteiger partial charge on any atom is 0.226 e. The van der Waals surface area contributed by atoms with E-state index in [0.717, 1.165) is 146 Å². The molecule has 58 heavy (non-hydrogen) atoms. The van der Waals surface area contributed by atoms with Crippen LogP contribution >= 0.6 is 0 Å². The van der Waals surface area contributed by atoms with Gasteiger partial charge in [-0.25, -0.2) is 4.98 Å². The molecular weight excluding hydrogens is 719 g/mol. The number of likely N-dealkylation sites (tertiary alicyclic amines) is 2. The summed E-state index contributed by atoms with van der Waals surface area (Å²) in [7, 11) is 0. The van der Waals surface area contributed by atoms with Gasteiger partial charge in [0, 0.05) is 55.3 Å². The minimum absolute atomic E-state index is 0.0308. The molecule has 8 rings (SSSR count). The first-order chi connectivity index (χ1) is 28.4. The third-order valence-corrected chi connectivity index (χ3v) is 14.7. The minimum atomic E-state index is 0.0308. The Morgan fingerprint density at radius 1 is 0.621 bits per heavy atom. The highest BCUT2D eigenvalue weighted by atomic mass is 16.2. The van der Waals surface area contributed by atoms with Crippen LogP contribution in [-0.2, 0) is 9.59 Å². The van der Waals surface area contributed by atoms with Crippen LogP contribution in [0.3, 0.4) is 0 Å². The van der Waals surface area contributed by atoms with E-state index in [9.17, 15) is 9.59 Å². The zero-order valence-electron chi connectivity index (χ0n) is 35.7. The lowest BCUT2D eigenvalue weighted by atomic mass is 9.84. The molecule has 2 saturated heterocycles. The molecule has 2 aliphatic carbocycles. The average Bonchev–Trinajstić information content (AvgIpc) is 4.12. The molecule has 1 N–H and O–H groups in total. The number of allylic oxidation sites excluding steroid dienone is 1. The van der Waals surface area contributed by atoms with Gasteiger partial charge in [-0.15, -0.1) is 0 Å². The Kier molecular flexibility index (Phi) is 12.9.